The Morgan fingerprint density at radius 1 is 1.20 bits per heavy atom. The summed E-state index contributed by atoms with van der Waals surface area (Å²) < 4.78 is 11.9. The molecular weight excluding hydrogens is 470 g/mol. The lowest BCUT2D eigenvalue weighted by atomic mass is 10.1. The van der Waals surface area contributed by atoms with Crippen LogP contribution in [0.4, 0.5) is 5.69 Å². The molecular formula is C21H20BrN3O4S. The predicted molar refractivity (Wildman–Crippen MR) is 119 cm³/mol. The zero-order chi connectivity index (χ0) is 21.5. The fraction of sp³-hybridized carbons (Fsp3) is 0.190. The van der Waals surface area contributed by atoms with Gasteiger partial charge in [0.2, 0.25) is 5.91 Å². The Morgan fingerprint density at radius 3 is 2.70 bits per heavy atom. The highest BCUT2D eigenvalue weighted by Crippen LogP contribution is 2.29. The van der Waals surface area contributed by atoms with Crippen molar-refractivity contribution in [3.63, 3.8) is 0 Å². The number of amides is 2. The third kappa shape index (κ3) is 5.58. The molecule has 156 valence electrons. The second kappa shape index (κ2) is 10.2. The van der Waals surface area contributed by atoms with Gasteiger partial charge in [0.1, 0.15) is 6.61 Å². The monoisotopic (exact) mass is 489 g/mol. The average Bonchev–Trinajstić information content (AvgIpc) is 3.26. The minimum atomic E-state index is -0.304. The Labute approximate surface area is 186 Å². The van der Waals surface area contributed by atoms with Gasteiger partial charge < -0.3 is 19.7 Å². The Balaban J connectivity index is 1.63. The van der Waals surface area contributed by atoms with E-state index in [9.17, 15) is 9.59 Å². The first-order valence-corrected chi connectivity index (χ1v) is 10.7. The number of benzene rings is 2. The van der Waals surface area contributed by atoms with Gasteiger partial charge in [-0.2, -0.15) is 0 Å². The van der Waals surface area contributed by atoms with Crippen molar-refractivity contribution in [2.45, 2.75) is 6.61 Å². The van der Waals surface area contributed by atoms with Crippen molar-refractivity contribution >= 4 is 44.8 Å². The number of ether oxygens (including phenoxy) is 2. The molecule has 0 bridgehead atoms. The number of nitrogens with zero attached hydrogens (tertiary/aromatic N) is 2. The summed E-state index contributed by atoms with van der Waals surface area (Å²) in [5, 5.41) is 4.68. The first kappa shape index (κ1) is 21.8. The summed E-state index contributed by atoms with van der Waals surface area (Å²) in [5.41, 5.74) is 3.59. The Kier molecular flexibility index (Phi) is 7.42. The Morgan fingerprint density at radius 2 is 2.00 bits per heavy atom. The van der Waals surface area contributed by atoms with Crippen molar-refractivity contribution < 1.29 is 19.1 Å². The second-order valence-corrected chi connectivity index (χ2v) is 7.90. The fourth-order valence-electron chi connectivity index (χ4n) is 2.64. The van der Waals surface area contributed by atoms with Crippen LogP contribution in [-0.2, 0) is 11.4 Å². The number of thiazole rings is 1. The normalized spacial score (nSPS) is 10.4. The first-order chi connectivity index (χ1) is 14.5. The molecule has 1 N–H and O–H groups in total. The average molecular weight is 490 g/mol. The number of anilines is 1. The molecule has 0 fully saturated rings. The molecule has 1 heterocycles. The van der Waals surface area contributed by atoms with E-state index in [1.807, 2.05) is 23.6 Å². The van der Waals surface area contributed by atoms with Crippen LogP contribution >= 0.6 is 27.3 Å². The second-order valence-electron chi connectivity index (χ2n) is 6.32. The largest absolute Gasteiger partial charge is 0.493 e. The predicted octanol–water partition coefficient (Wildman–Crippen LogP) is 4.20. The number of nitrogens with one attached hydrogen (secondary N) is 1. The van der Waals surface area contributed by atoms with Gasteiger partial charge in [0.15, 0.2) is 11.5 Å². The highest BCUT2D eigenvalue weighted by atomic mass is 79.9. The molecule has 3 rings (SSSR count). The highest BCUT2D eigenvalue weighted by Gasteiger charge is 2.18. The number of carbonyl (C=O) groups excluding carboxylic acids is 2. The molecule has 3 aromatic rings. The van der Waals surface area contributed by atoms with Crippen molar-refractivity contribution in [1.82, 2.24) is 9.88 Å². The van der Waals surface area contributed by atoms with E-state index in [-0.39, 0.29) is 18.4 Å². The number of aromatic nitrogens is 1. The zero-order valence-corrected chi connectivity index (χ0v) is 18.8. The molecule has 0 saturated carbocycles. The van der Waals surface area contributed by atoms with Gasteiger partial charge >= 0.3 is 0 Å². The van der Waals surface area contributed by atoms with Crippen molar-refractivity contribution in [2.75, 3.05) is 26.0 Å². The number of rotatable bonds is 8. The summed E-state index contributed by atoms with van der Waals surface area (Å²) in [6.07, 6.45) is 0. The molecule has 0 atom stereocenters. The van der Waals surface area contributed by atoms with E-state index in [2.05, 4.69) is 26.2 Å². The summed E-state index contributed by atoms with van der Waals surface area (Å²) in [4.78, 5) is 30.6. The van der Waals surface area contributed by atoms with Crippen LogP contribution in [0.15, 0.2) is 57.8 Å². The van der Waals surface area contributed by atoms with Crippen LogP contribution in [0.5, 0.6) is 11.5 Å². The molecule has 0 spiro atoms. The smallest absolute Gasteiger partial charge is 0.254 e. The van der Waals surface area contributed by atoms with Crippen LogP contribution in [0.2, 0.25) is 0 Å². The van der Waals surface area contributed by atoms with Crippen molar-refractivity contribution in [2.24, 2.45) is 0 Å². The lowest BCUT2D eigenvalue weighted by molar-refractivity contribution is -0.116. The molecule has 0 saturated heterocycles. The van der Waals surface area contributed by atoms with Crippen LogP contribution in [0.25, 0.3) is 0 Å². The van der Waals surface area contributed by atoms with Crippen LogP contribution in [0.1, 0.15) is 16.1 Å². The molecule has 1 aromatic heterocycles. The lowest BCUT2D eigenvalue weighted by Gasteiger charge is -2.18. The van der Waals surface area contributed by atoms with Gasteiger partial charge in [-0.1, -0.05) is 12.1 Å². The molecule has 2 amide bonds. The number of carbonyl (C=O) groups is 2. The maximum Gasteiger partial charge on any atom is 0.254 e. The SMILES string of the molecule is COc1cc(C(=O)N(C)CC(=O)Nc2ccccc2Br)ccc1OCc1cscn1. The van der Waals surface area contributed by atoms with E-state index in [1.165, 1.54) is 23.3 Å². The van der Waals surface area contributed by atoms with Crippen LogP contribution in [0.3, 0.4) is 0 Å². The molecule has 30 heavy (non-hydrogen) atoms. The Hall–Kier alpha value is -2.91. The van der Waals surface area contributed by atoms with E-state index in [4.69, 9.17) is 9.47 Å². The molecule has 0 aliphatic heterocycles. The van der Waals surface area contributed by atoms with Gasteiger partial charge in [0.05, 0.1) is 30.5 Å². The Bertz CT molecular complexity index is 1030. The van der Waals surface area contributed by atoms with E-state index < -0.39 is 0 Å². The van der Waals surface area contributed by atoms with E-state index in [1.54, 1.807) is 36.8 Å². The maximum atomic E-state index is 12.8. The summed E-state index contributed by atoms with van der Waals surface area (Å²) in [6.45, 7) is 0.215. The van der Waals surface area contributed by atoms with Gasteiger partial charge in [0.25, 0.3) is 5.91 Å². The van der Waals surface area contributed by atoms with Gasteiger partial charge in [-0.05, 0) is 46.3 Å². The number of hydrogen-bond acceptors (Lipinski definition) is 6. The van der Waals surface area contributed by atoms with E-state index in [0.29, 0.717) is 29.4 Å². The third-order valence-corrected chi connectivity index (χ3v) is 5.47. The lowest BCUT2D eigenvalue weighted by Crippen LogP contribution is -2.35. The molecule has 7 nitrogen and oxygen atoms in total. The molecule has 9 heteroatoms. The molecule has 0 aliphatic rings. The molecule has 0 radical (unpaired) electrons. The van der Waals surface area contributed by atoms with Gasteiger partial charge in [-0.25, -0.2) is 4.98 Å². The van der Waals surface area contributed by atoms with E-state index in [0.717, 1.165) is 10.2 Å². The first-order valence-electron chi connectivity index (χ1n) is 8.95. The molecule has 2 aromatic carbocycles. The van der Waals surface area contributed by atoms with Crippen LogP contribution in [0, 0.1) is 0 Å². The molecule has 0 aliphatic carbocycles. The number of methoxy groups -OCH3 is 1. The topological polar surface area (TPSA) is 80.8 Å². The standard InChI is InChI=1S/C21H20BrN3O4S/c1-25(10-20(26)24-17-6-4-3-5-16(17)22)21(27)14-7-8-18(19(9-14)28-2)29-11-15-12-30-13-23-15/h3-9,12-13H,10-11H2,1-2H3,(H,24,26). The van der Waals surface area contributed by atoms with Crippen molar-refractivity contribution in [1.29, 1.82) is 0 Å². The quantitative estimate of drug-likeness (QED) is 0.512. The maximum absolute atomic E-state index is 12.8. The van der Waals surface area contributed by atoms with Gasteiger partial charge in [0, 0.05) is 22.5 Å². The summed E-state index contributed by atoms with van der Waals surface area (Å²) in [6, 6.07) is 12.2. The summed E-state index contributed by atoms with van der Waals surface area (Å²) in [7, 11) is 3.08. The number of halogens is 1. The summed E-state index contributed by atoms with van der Waals surface area (Å²) in [5.74, 6) is 0.341. The highest BCUT2D eigenvalue weighted by molar-refractivity contribution is 9.10. The van der Waals surface area contributed by atoms with E-state index >= 15 is 0 Å². The number of para-hydroxylation sites is 1. The third-order valence-electron chi connectivity index (χ3n) is 4.15. The number of hydrogen-bond donors (Lipinski definition) is 1. The van der Waals surface area contributed by atoms with Gasteiger partial charge in [-0.3, -0.25) is 9.59 Å². The zero-order valence-electron chi connectivity index (χ0n) is 16.4. The minimum absolute atomic E-state index is 0.0927. The van der Waals surface area contributed by atoms with Gasteiger partial charge in [-0.15, -0.1) is 11.3 Å². The van der Waals surface area contributed by atoms with Crippen LogP contribution in [-0.4, -0.2) is 42.4 Å². The van der Waals surface area contributed by atoms with Crippen LogP contribution < -0.4 is 14.8 Å². The minimum Gasteiger partial charge on any atom is -0.493 e. The fourth-order valence-corrected chi connectivity index (χ4v) is 3.57. The number of likely N-dealkylation sites (N-methyl/N-ethyl adjacent to an activating group) is 1. The molecule has 0 unspecified atom stereocenters. The van der Waals surface area contributed by atoms with Crippen molar-refractivity contribution in [3.8, 4) is 11.5 Å². The summed E-state index contributed by atoms with van der Waals surface area (Å²) >= 11 is 4.87. The van der Waals surface area contributed by atoms with Crippen molar-refractivity contribution in [3.05, 3.63) is 69.1 Å².